The van der Waals surface area contributed by atoms with Crippen molar-refractivity contribution in [2.45, 2.75) is 34.1 Å². The molecule has 0 heterocycles. The van der Waals surface area contributed by atoms with Gasteiger partial charge in [0.1, 0.15) is 0 Å². The van der Waals surface area contributed by atoms with Gasteiger partial charge in [-0.3, -0.25) is 17.8 Å². The SMILES string of the molecule is CCOP(=O)(OCC)OCC(C)(C)COS(=O)(=O)CCC[S-](=O)=O.[Na+].[OH-]. The van der Waals surface area contributed by atoms with Crippen molar-refractivity contribution in [3.63, 3.8) is 0 Å². The summed E-state index contributed by atoms with van der Waals surface area (Å²) in [5, 5.41) is 0. The molecule has 154 valence electrons. The number of rotatable bonds is 14. The third-order valence-electron chi connectivity index (χ3n) is 2.52. The molecule has 0 spiro atoms. The van der Waals surface area contributed by atoms with Crippen LogP contribution in [0.1, 0.15) is 34.1 Å². The van der Waals surface area contributed by atoms with E-state index in [9.17, 15) is 21.4 Å². The van der Waals surface area contributed by atoms with Crippen LogP contribution in [-0.2, 0) is 51.6 Å². The van der Waals surface area contributed by atoms with Crippen molar-refractivity contribution in [3.05, 3.63) is 0 Å². The summed E-state index contributed by atoms with van der Waals surface area (Å²) >= 11 is 0. The first-order valence-electron chi connectivity index (χ1n) is 7.42. The minimum absolute atomic E-state index is 0. The Bertz CT molecular complexity index is 573. The molecule has 0 aliphatic carbocycles. The molecule has 0 bridgehead atoms. The molecule has 26 heavy (non-hydrogen) atoms. The van der Waals surface area contributed by atoms with Gasteiger partial charge in [-0.05, 0) is 13.8 Å². The summed E-state index contributed by atoms with van der Waals surface area (Å²) in [5.74, 6) is -0.644. The molecule has 10 nitrogen and oxygen atoms in total. The van der Waals surface area contributed by atoms with E-state index in [1.165, 1.54) is 0 Å². The van der Waals surface area contributed by atoms with Gasteiger partial charge in [0, 0.05) is 5.41 Å². The fourth-order valence-corrected chi connectivity index (χ4v) is 4.43. The van der Waals surface area contributed by atoms with E-state index in [2.05, 4.69) is 0 Å². The van der Waals surface area contributed by atoms with Crippen molar-refractivity contribution < 1.29 is 74.2 Å². The van der Waals surface area contributed by atoms with Gasteiger partial charge in [0.25, 0.3) is 10.1 Å². The summed E-state index contributed by atoms with van der Waals surface area (Å²) in [4.78, 5) is 0. The first kappa shape index (κ1) is 31.6. The third-order valence-corrected chi connectivity index (χ3v) is 6.00. The predicted molar refractivity (Wildman–Crippen MR) is 90.5 cm³/mol. The van der Waals surface area contributed by atoms with Crippen molar-refractivity contribution in [1.29, 1.82) is 0 Å². The van der Waals surface area contributed by atoms with E-state index in [4.69, 9.17) is 17.8 Å². The van der Waals surface area contributed by atoms with E-state index in [-0.39, 0.29) is 73.6 Å². The van der Waals surface area contributed by atoms with E-state index < -0.39 is 39.8 Å². The third kappa shape index (κ3) is 15.9. The summed E-state index contributed by atoms with van der Waals surface area (Å²) in [6, 6.07) is 0. The van der Waals surface area contributed by atoms with Gasteiger partial charge in [-0.1, -0.05) is 36.7 Å². The van der Waals surface area contributed by atoms with Crippen LogP contribution in [0, 0.1) is 5.41 Å². The van der Waals surface area contributed by atoms with Crippen LogP contribution in [0.25, 0.3) is 0 Å². The molecule has 0 saturated carbocycles. The first-order chi connectivity index (χ1) is 11.0. The van der Waals surface area contributed by atoms with Crippen LogP contribution >= 0.6 is 7.82 Å². The zero-order chi connectivity index (χ0) is 18.9. The van der Waals surface area contributed by atoms with Crippen molar-refractivity contribution in [3.8, 4) is 0 Å². The van der Waals surface area contributed by atoms with Crippen molar-refractivity contribution in [1.82, 2.24) is 0 Å². The van der Waals surface area contributed by atoms with Crippen LogP contribution in [0.15, 0.2) is 0 Å². The minimum Gasteiger partial charge on any atom is -0.870 e. The number of phosphoric ester groups is 1. The molecule has 0 aliphatic heterocycles. The average molecular weight is 449 g/mol. The Balaban J connectivity index is -0.00000264. The van der Waals surface area contributed by atoms with Crippen LogP contribution in [0.3, 0.4) is 0 Å². The number of hydrogen-bond donors (Lipinski definition) is 0. The second kappa shape index (κ2) is 14.9. The fourth-order valence-electron chi connectivity index (χ4n) is 1.39. The van der Waals surface area contributed by atoms with Gasteiger partial charge in [-0.15, -0.1) is 0 Å². The largest absolute Gasteiger partial charge is 1.00 e. The molecule has 0 unspecified atom stereocenters. The Morgan fingerprint density at radius 2 is 1.50 bits per heavy atom. The molecule has 0 atom stereocenters. The summed E-state index contributed by atoms with van der Waals surface area (Å²) in [5.41, 5.74) is -0.779. The maximum atomic E-state index is 12.2. The van der Waals surface area contributed by atoms with E-state index in [1.807, 2.05) is 0 Å². The van der Waals surface area contributed by atoms with Crippen LogP contribution in [0.5, 0.6) is 0 Å². The van der Waals surface area contributed by atoms with Crippen LogP contribution in [0.4, 0.5) is 0 Å². The van der Waals surface area contributed by atoms with Gasteiger partial charge < -0.3 is 13.9 Å². The van der Waals surface area contributed by atoms with Gasteiger partial charge >= 0.3 is 37.4 Å². The standard InChI is InChI=1S/C12H26O9PS2.Na.H2O/c1-5-18-22(13,19-6-2)20-10-12(3,4)11-21-24(16,17)9-7-8-23(14)15;;/h5-11H2,1-4H3;;1H2/q-1;+1;/p-1. The second-order valence-electron chi connectivity index (χ2n) is 5.61. The molecule has 0 aromatic rings. The molecular formula is C12H27NaO10PS2-. The molecule has 0 aromatic heterocycles. The molecule has 0 amide bonds. The Morgan fingerprint density at radius 1 is 1.00 bits per heavy atom. The first-order valence-corrected chi connectivity index (χ1v) is 11.7. The van der Waals surface area contributed by atoms with Crippen LogP contribution < -0.4 is 29.6 Å². The van der Waals surface area contributed by atoms with E-state index >= 15 is 0 Å². The molecule has 14 heteroatoms. The zero-order valence-electron chi connectivity index (χ0n) is 15.8. The van der Waals surface area contributed by atoms with E-state index in [0.717, 1.165) is 0 Å². The van der Waals surface area contributed by atoms with Gasteiger partial charge in [0.15, 0.2) is 0 Å². The Hall–Kier alpha value is 0.930. The average Bonchev–Trinajstić information content (AvgIpc) is 2.44. The number of phosphoric acid groups is 1. The molecule has 0 fully saturated rings. The molecule has 0 saturated heterocycles. The zero-order valence-corrected chi connectivity index (χ0v) is 20.4. The van der Waals surface area contributed by atoms with E-state index in [0.29, 0.717) is 0 Å². The fraction of sp³-hybridized carbons (Fsp3) is 1.00. The Labute approximate surface area is 179 Å². The van der Waals surface area contributed by atoms with Crippen molar-refractivity contribution in [2.75, 3.05) is 37.9 Å². The van der Waals surface area contributed by atoms with Crippen molar-refractivity contribution >= 4 is 28.6 Å². The molecule has 0 radical (unpaired) electrons. The molecular weight excluding hydrogens is 422 g/mol. The second-order valence-corrected chi connectivity index (χ2v) is 10.0. The molecule has 1 N–H and O–H groups in total. The smallest absolute Gasteiger partial charge is 0.870 e. The molecule has 0 aliphatic rings. The summed E-state index contributed by atoms with van der Waals surface area (Å²) in [6.07, 6.45) is -0.0424. The normalized spacial score (nSPS) is 12.5. The van der Waals surface area contributed by atoms with Gasteiger partial charge in [0.2, 0.25) is 0 Å². The number of hydrogen-bond acceptors (Lipinski definition) is 11. The topological polar surface area (TPSA) is 152 Å². The van der Waals surface area contributed by atoms with E-state index in [1.54, 1.807) is 27.7 Å². The van der Waals surface area contributed by atoms with Gasteiger partial charge in [-0.2, -0.15) is 8.42 Å². The molecule has 0 aromatic carbocycles. The van der Waals surface area contributed by atoms with Gasteiger partial charge in [0.05, 0.1) is 32.2 Å². The van der Waals surface area contributed by atoms with Crippen LogP contribution in [-0.4, -0.2) is 51.8 Å². The summed E-state index contributed by atoms with van der Waals surface area (Å²) < 4.78 is 76.4. The predicted octanol–water partition coefficient (Wildman–Crippen LogP) is -0.917. The summed E-state index contributed by atoms with van der Waals surface area (Å²) in [7, 11) is -9.81. The summed E-state index contributed by atoms with van der Waals surface area (Å²) in [6.45, 7) is 6.58. The monoisotopic (exact) mass is 449 g/mol. The van der Waals surface area contributed by atoms with Crippen LogP contribution in [0.2, 0.25) is 0 Å². The Morgan fingerprint density at radius 3 is 1.92 bits per heavy atom. The molecule has 0 rings (SSSR count). The Kier molecular flexibility index (Phi) is 18.1. The minimum atomic E-state index is -3.85. The maximum Gasteiger partial charge on any atom is 1.00 e. The maximum absolute atomic E-state index is 12.2. The van der Waals surface area contributed by atoms with Crippen molar-refractivity contribution in [2.24, 2.45) is 5.41 Å². The van der Waals surface area contributed by atoms with Gasteiger partial charge in [-0.25, -0.2) is 4.57 Å². The quantitative estimate of drug-likeness (QED) is 0.141.